The Morgan fingerprint density at radius 1 is 1.25 bits per heavy atom. The SMILES string of the molecule is Cc1c(CNC(=O)c2cc(Sc3ncccn3)ccn2)cnn1C. The highest BCUT2D eigenvalue weighted by molar-refractivity contribution is 7.99. The molecule has 122 valence electrons. The molecule has 0 aliphatic heterocycles. The van der Waals surface area contributed by atoms with Gasteiger partial charge in [0.25, 0.3) is 5.91 Å². The summed E-state index contributed by atoms with van der Waals surface area (Å²) in [6, 6.07) is 5.31. The first kappa shape index (κ1) is 16.1. The van der Waals surface area contributed by atoms with E-state index in [1.165, 1.54) is 11.8 Å². The van der Waals surface area contributed by atoms with E-state index in [0.29, 0.717) is 17.4 Å². The fourth-order valence-electron chi connectivity index (χ4n) is 2.03. The Hall–Kier alpha value is -2.74. The van der Waals surface area contributed by atoms with Crippen LogP contribution in [0.2, 0.25) is 0 Å². The zero-order chi connectivity index (χ0) is 16.9. The number of nitrogens with one attached hydrogen (secondary N) is 1. The molecule has 0 unspecified atom stereocenters. The van der Waals surface area contributed by atoms with Crippen LogP contribution in [-0.4, -0.2) is 30.6 Å². The van der Waals surface area contributed by atoms with Gasteiger partial charge >= 0.3 is 0 Å². The third-order valence-corrected chi connectivity index (χ3v) is 4.37. The van der Waals surface area contributed by atoms with Gasteiger partial charge in [-0.05, 0) is 36.9 Å². The lowest BCUT2D eigenvalue weighted by molar-refractivity contribution is 0.0945. The molecule has 0 spiro atoms. The van der Waals surface area contributed by atoms with Gasteiger partial charge in [0.1, 0.15) is 5.69 Å². The predicted octanol–water partition coefficient (Wildman–Crippen LogP) is 1.99. The number of pyridine rings is 1. The van der Waals surface area contributed by atoms with Crippen LogP contribution in [0, 0.1) is 6.92 Å². The van der Waals surface area contributed by atoms with E-state index in [2.05, 4.69) is 25.4 Å². The average molecular weight is 340 g/mol. The molecule has 3 aromatic rings. The van der Waals surface area contributed by atoms with Crippen molar-refractivity contribution in [3.63, 3.8) is 0 Å². The highest BCUT2D eigenvalue weighted by Gasteiger charge is 2.11. The molecule has 0 bridgehead atoms. The summed E-state index contributed by atoms with van der Waals surface area (Å²) in [6.45, 7) is 2.38. The number of carbonyl (C=O) groups excluding carboxylic acids is 1. The van der Waals surface area contributed by atoms with Gasteiger partial charge in [0.15, 0.2) is 5.16 Å². The molecule has 0 aromatic carbocycles. The molecule has 0 radical (unpaired) electrons. The number of hydrogen-bond acceptors (Lipinski definition) is 6. The lowest BCUT2D eigenvalue weighted by Gasteiger charge is -2.06. The number of amides is 1. The summed E-state index contributed by atoms with van der Waals surface area (Å²) < 4.78 is 1.77. The molecule has 3 heterocycles. The molecule has 1 amide bonds. The Bertz CT molecular complexity index is 849. The summed E-state index contributed by atoms with van der Waals surface area (Å²) in [5.41, 5.74) is 2.36. The second-order valence-corrected chi connectivity index (χ2v) is 6.11. The number of nitrogens with zero attached hydrogens (tertiary/aromatic N) is 5. The zero-order valence-corrected chi connectivity index (χ0v) is 14.1. The summed E-state index contributed by atoms with van der Waals surface area (Å²) in [6.07, 6.45) is 6.72. The monoisotopic (exact) mass is 340 g/mol. The standard InChI is InChI=1S/C16H16N6OS/c1-11-12(10-21-22(11)2)9-20-15(23)14-8-13(4-7-17-14)24-16-18-5-3-6-19-16/h3-8,10H,9H2,1-2H3,(H,20,23). The maximum atomic E-state index is 12.3. The first-order valence-corrected chi connectivity index (χ1v) is 8.12. The van der Waals surface area contributed by atoms with Crippen LogP contribution in [0.3, 0.4) is 0 Å². The smallest absolute Gasteiger partial charge is 0.270 e. The summed E-state index contributed by atoms with van der Waals surface area (Å²) in [5.74, 6) is -0.227. The van der Waals surface area contributed by atoms with Crippen molar-refractivity contribution in [2.75, 3.05) is 0 Å². The molecule has 7 nitrogen and oxygen atoms in total. The lowest BCUT2D eigenvalue weighted by Crippen LogP contribution is -2.24. The van der Waals surface area contributed by atoms with Crippen molar-refractivity contribution in [3.05, 3.63) is 59.9 Å². The molecule has 8 heteroatoms. The van der Waals surface area contributed by atoms with E-state index in [4.69, 9.17) is 0 Å². The van der Waals surface area contributed by atoms with E-state index < -0.39 is 0 Å². The Kier molecular flexibility index (Phi) is 4.85. The van der Waals surface area contributed by atoms with E-state index in [1.54, 1.807) is 41.6 Å². The van der Waals surface area contributed by atoms with Crippen molar-refractivity contribution in [3.8, 4) is 0 Å². The van der Waals surface area contributed by atoms with Crippen molar-refractivity contribution in [1.82, 2.24) is 30.0 Å². The third kappa shape index (κ3) is 3.77. The van der Waals surface area contributed by atoms with Crippen molar-refractivity contribution in [2.24, 2.45) is 7.05 Å². The Morgan fingerprint density at radius 2 is 2.04 bits per heavy atom. The van der Waals surface area contributed by atoms with Crippen LogP contribution >= 0.6 is 11.8 Å². The minimum atomic E-state index is -0.227. The quantitative estimate of drug-likeness (QED) is 0.715. The van der Waals surface area contributed by atoms with Gasteiger partial charge < -0.3 is 5.32 Å². The van der Waals surface area contributed by atoms with Gasteiger partial charge in [-0.25, -0.2) is 9.97 Å². The second-order valence-electron chi connectivity index (χ2n) is 5.07. The van der Waals surface area contributed by atoms with Crippen LogP contribution in [0.25, 0.3) is 0 Å². The van der Waals surface area contributed by atoms with Crippen molar-refractivity contribution in [2.45, 2.75) is 23.5 Å². The molecule has 24 heavy (non-hydrogen) atoms. The van der Waals surface area contributed by atoms with Gasteiger partial charge in [-0.3, -0.25) is 14.5 Å². The molecular formula is C16H16N6OS. The first-order chi connectivity index (χ1) is 11.6. The number of aryl methyl sites for hydroxylation is 1. The van der Waals surface area contributed by atoms with E-state index in [9.17, 15) is 4.79 Å². The fourth-order valence-corrected chi connectivity index (χ4v) is 2.76. The molecule has 0 aliphatic carbocycles. The number of carbonyl (C=O) groups is 1. The van der Waals surface area contributed by atoms with E-state index in [1.807, 2.05) is 20.0 Å². The normalized spacial score (nSPS) is 10.6. The highest BCUT2D eigenvalue weighted by atomic mass is 32.2. The van der Waals surface area contributed by atoms with Crippen LogP contribution in [0.5, 0.6) is 0 Å². The number of rotatable bonds is 5. The molecule has 0 saturated carbocycles. The van der Waals surface area contributed by atoms with Gasteiger partial charge in [0.05, 0.1) is 6.20 Å². The zero-order valence-electron chi connectivity index (χ0n) is 13.3. The third-order valence-electron chi connectivity index (χ3n) is 3.49. The van der Waals surface area contributed by atoms with E-state index in [-0.39, 0.29) is 5.91 Å². The molecule has 0 atom stereocenters. The minimum Gasteiger partial charge on any atom is -0.346 e. The van der Waals surface area contributed by atoms with Crippen LogP contribution < -0.4 is 5.32 Å². The highest BCUT2D eigenvalue weighted by Crippen LogP contribution is 2.23. The van der Waals surface area contributed by atoms with Crippen molar-refractivity contribution < 1.29 is 4.79 Å². The lowest BCUT2D eigenvalue weighted by atomic mass is 10.2. The Labute approximate surface area is 143 Å². The van der Waals surface area contributed by atoms with Gasteiger partial charge in [-0.1, -0.05) is 0 Å². The molecule has 0 aliphatic rings. The average Bonchev–Trinajstić information content (AvgIpc) is 2.93. The molecule has 0 saturated heterocycles. The molecule has 1 N–H and O–H groups in total. The minimum absolute atomic E-state index is 0.227. The van der Waals surface area contributed by atoms with Gasteiger partial charge in [0, 0.05) is 48.3 Å². The maximum absolute atomic E-state index is 12.3. The summed E-state index contributed by atoms with van der Waals surface area (Å²) in [5, 5.41) is 7.65. The predicted molar refractivity (Wildman–Crippen MR) is 89.5 cm³/mol. The number of aromatic nitrogens is 5. The molecule has 0 fully saturated rings. The fraction of sp³-hybridized carbons (Fsp3) is 0.188. The van der Waals surface area contributed by atoms with Crippen LogP contribution in [-0.2, 0) is 13.6 Å². The molecule has 3 aromatic heterocycles. The van der Waals surface area contributed by atoms with Crippen LogP contribution in [0.4, 0.5) is 0 Å². The Balaban J connectivity index is 1.67. The van der Waals surface area contributed by atoms with E-state index >= 15 is 0 Å². The summed E-state index contributed by atoms with van der Waals surface area (Å²) in [7, 11) is 1.87. The van der Waals surface area contributed by atoms with Crippen molar-refractivity contribution in [1.29, 1.82) is 0 Å². The maximum Gasteiger partial charge on any atom is 0.270 e. The van der Waals surface area contributed by atoms with Gasteiger partial charge in [-0.2, -0.15) is 5.10 Å². The number of hydrogen-bond donors (Lipinski definition) is 1. The van der Waals surface area contributed by atoms with Gasteiger partial charge in [0.2, 0.25) is 0 Å². The Morgan fingerprint density at radius 3 is 2.75 bits per heavy atom. The van der Waals surface area contributed by atoms with Crippen LogP contribution in [0.1, 0.15) is 21.7 Å². The first-order valence-electron chi connectivity index (χ1n) is 7.30. The molecule has 3 rings (SSSR count). The molecular weight excluding hydrogens is 324 g/mol. The topological polar surface area (TPSA) is 85.6 Å². The summed E-state index contributed by atoms with van der Waals surface area (Å²) in [4.78, 5) is 25.6. The second kappa shape index (κ2) is 7.22. The summed E-state index contributed by atoms with van der Waals surface area (Å²) >= 11 is 1.38. The van der Waals surface area contributed by atoms with Gasteiger partial charge in [-0.15, -0.1) is 0 Å². The largest absolute Gasteiger partial charge is 0.346 e. The van der Waals surface area contributed by atoms with Crippen molar-refractivity contribution >= 4 is 17.7 Å². The van der Waals surface area contributed by atoms with E-state index in [0.717, 1.165) is 16.2 Å². The van der Waals surface area contributed by atoms with Crippen LogP contribution in [0.15, 0.2) is 53.0 Å².